The van der Waals surface area contributed by atoms with Crippen LogP contribution in [0.5, 0.6) is 11.6 Å². The predicted octanol–water partition coefficient (Wildman–Crippen LogP) is 2.22. The molecule has 0 N–H and O–H groups in total. The van der Waals surface area contributed by atoms with E-state index in [1.165, 1.54) is 22.9 Å². The summed E-state index contributed by atoms with van der Waals surface area (Å²) >= 11 is 0. The summed E-state index contributed by atoms with van der Waals surface area (Å²) in [5.41, 5.74) is 0. The van der Waals surface area contributed by atoms with Crippen LogP contribution in [-0.4, -0.2) is 48.2 Å². The number of sulfonamides is 1. The summed E-state index contributed by atoms with van der Waals surface area (Å²) in [4.78, 5) is 7.71. The molecule has 1 aliphatic heterocycles. The van der Waals surface area contributed by atoms with Crippen molar-refractivity contribution in [3.63, 3.8) is 0 Å². The smallest absolute Gasteiger partial charge is 0.472 e. The fraction of sp³-hybridized carbons (Fsp3) is 0.333. The van der Waals surface area contributed by atoms with Crippen molar-refractivity contribution in [1.82, 2.24) is 14.3 Å². The highest BCUT2D eigenvalue weighted by molar-refractivity contribution is 7.89. The first-order valence-corrected chi connectivity index (χ1v) is 8.97. The van der Waals surface area contributed by atoms with E-state index >= 15 is 0 Å². The van der Waals surface area contributed by atoms with E-state index in [1.807, 2.05) is 0 Å². The Balaban J connectivity index is 1.67. The molecule has 140 valence electrons. The Kier molecular flexibility index (Phi) is 5.01. The van der Waals surface area contributed by atoms with Gasteiger partial charge in [0, 0.05) is 18.9 Å². The Labute approximate surface area is 147 Å². The summed E-state index contributed by atoms with van der Waals surface area (Å²) in [5, 5.41) is 0. The molecular formula is C15H14F3N3O4S. The molecule has 2 heterocycles. The molecule has 1 saturated heterocycles. The molecule has 0 spiro atoms. The second-order valence-corrected chi connectivity index (χ2v) is 7.39. The van der Waals surface area contributed by atoms with Crippen molar-refractivity contribution in [2.45, 2.75) is 23.8 Å². The highest BCUT2D eigenvalue weighted by Gasteiger charge is 2.34. The molecule has 1 atom stereocenters. The van der Waals surface area contributed by atoms with Gasteiger partial charge in [0.15, 0.2) is 0 Å². The van der Waals surface area contributed by atoms with Gasteiger partial charge in [-0.25, -0.2) is 13.4 Å². The number of hydrogen-bond donors (Lipinski definition) is 0. The summed E-state index contributed by atoms with van der Waals surface area (Å²) in [7, 11) is -3.84. The fourth-order valence-electron chi connectivity index (χ4n) is 2.49. The standard InChI is InChI=1S/C15H14F3N3O4S/c16-15(17,18)25-11-1-3-13(4-2-11)26(22,23)21-8-5-12(10-21)24-14-9-19-6-7-20-14/h1-4,6-7,9,12H,5,8,10H2. The summed E-state index contributed by atoms with van der Waals surface area (Å²) in [6.45, 7) is 0.341. The zero-order chi connectivity index (χ0) is 18.8. The molecule has 11 heteroatoms. The third-order valence-electron chi connectivity index (χ3n) is 3.63. The van der Waals surface area contributed by atoms with Crippen molar-refractivity contribution in [3.05, 3.63) is 42.9 Å². The SMILES string of the molecule is O=S(=O)(c1ccc(OC(F)(F)F)cc1)N1CCC(Oc2cnccn2)C1. The third-order valence-corrected chi connectivity index (χ3v) is 5.51. The maximum Gasteiger partial charge on any atom is 0.573 e. The lowest BCUT2D eigenvalue weighted by molar-refractivity contribution is -0.274. The van der Waals surface area contributed by atoms with E-state index in [4.69, 9.17) is 4.74 Å². The molecule has 0 radical (unpaired) electrons. The number of benzene rings is 1. The lowest BCUT2D eigenvalue weighted by Gasteiger charge is -2.17. The van der Waals surface area contributed by atoms with Gasteiger partial charge in [0.25, 0.3) is 0 Å². The van der Waals surface area contributed by atoms with Gasteiger partial charge in [-0.2, -0.15) is 4.31 Å². The minimum Gasteiger partial charge on any atom is -0.472 e. The lowest BCUT2D eigenvalue weighted by Crippen LogP contribution is -2.31. The molecule has 2 aromatic rings. The number of halogens is 3. The number of rotatable bonds is 5. The molecule has 7 nitrogen and oxygen atoms in total. The minimum atomic E-state index is -4.83. The highest BCUT2D eigenvalue weighted by atomic mass is 32.2. The minimum absolute atomic E-state index is 0.111. The fourth-order valence-corrected chi connectivity index (χ4v) is 3.98. The monoisotopic (exact) mass is 389 g/mol. The summed E-state index contributed by atoms with van der Waals surface area (Å²) in [5.74, 6) is -0.188. The molecule has 1 aromatic carbocycles. The quantitative estimate of drug-likeness (QED) is 0.780. The molecule has 1 aliphatic rings. The highest BCUT2D eigenvalue weighted by Crippen LogP contribution is 2.27. The maximum absolute atomic E-state index is 12.6. The van der Waals surface area contributed by atoms with Crippen molar-refractivity contribution >= 4 is 10.0 Å². The molecule has 1 fully saturated rings. The van der Waals surface area contributed by atoms with Gasteiger partial charge in [-0.1, -0.05) is 0 Å². The zero-order valence-corrected chi connectivity index (χ0v) is 14.1. The topological polar surface area (TPSA) is 81.6 Å². The van der Waals surface area contributed by atoms with Crippen LogP contribution in [0.25, 0.3) is 0 Å². The number of alkyl halides is 3. The number of nitrogens with zero attached hydrogens (tertiary/aromatic N) is 3. The Morgan fingerprint density at radius 1 is 1.15 bits per heavy atom. The van der Waals surface area contributed by atoms with Crippen molar-refractivity contribution in [3.8, 4) is 11.6 Å². The molecule has 0 aliphatic carbocycles. The maximum atomic E-state index is 12.6. The molecule has 1 unspecified atom stereocenters. The van der Waals surface area contributed by atoms with Crippen molar-refractivity contribution < 1.29 is 31.1 Å². The Morgan fingerprint density at radius 2 is 1.88 bits per heavy atom. The van der Waals surface area contributed by atoms with Crippen LogP contribution in [0.15, 0.2) is 47.8 Å². The summed E-state index contributed by atoms with van der Waals surface area (Å²) in [6.07, 6.45) is -0.371. The van der Waals surface area contributed by atoms with Crippen molar-refractivity contribution in [2.75, 3.05) is 13.1 Å². The van der Waals surface area contributed by atoms with Crippen molar-refractivity contribution in [1.29, 1.82) is 0 Å². The van der Waals surface area contributed by atoms with E-state index < -0.39 is 22.1 Å². The second-order valence-electron chi connectivity index (χ2n) is 5.45. The van der Waals surface area contributed by atoms with E-state index in [0.717, 1.165) is 24.3 Å². The van der Waals surface area contributed by atoms with E-state index in [1.54, 1.807) is 0 Å². The van der Waals surface area contributed by atoms with Gasteiger partial charge < -0.3 is 9.47 Å². The molecule has 0 bridgehead atoms. The first-order chi connectivity index (χ1) is 12.2. The zero-order valence-electron chi connectivity index (χ0n) is 13.3. The van der Waals surface area contributed by atoms with Crippen LogP contribution in [0, 0.1) is 0 Å². The number of ether oxygens (including phenoxy) is 2. The van der Waals surface area contributed by atoms with Crippen LogP contribution in [0.1, 0.15) is 6.42 Å². The molecule has 26 heavy (non-hydrogen) atoms. The molecule has 0 amide bonds. The Hall–Kier alpha value is -2.40. The van der Waals surface area contributed by atoms with Crippen LogP contribution in [0.4, 0.5) is 13.2 Å². The predicted molar refractivity (Wildman–Crippen MR) is 82.9 cm³/mol. The van der Waals surface area contributed by atoms with Gasteiger partial charge in [-0.15, -0.1) is 13.2 Å². The van der Waals surface area contributed by atoms with Crippen LogP contribution in [0.2, 0.25) is 0 Å². The summed E-state index contributed by atoms with van der Waals surface area (Å²) in [6, 6.07) is 4.08. The van der Waals surface area contributed by atoms with Crippen LogP contribution in [-0.2, 0) is 10.0 Å². The second kappa shape index (κ2) is 7.08. The lowest BCUT2D eigenvalue weighted by atomic mass is 10.3. The van der Waals surface area contributed by atoms with E-state index in [0.29, 0.717) is 12.3 Å². The number of hydrogen-bond acceptors (Lipinski definition) is 6. The largest absolute Gasteiger partial charge is 0.573 e. The van der Waals surface area contributed by atoms with Crippen molar-refractivity contribution in [2.24, 2.45) is 0 Å². The third kappa shape index (κ3) is 4.41. The molecule has 0 saturated carbocycles. The van der Waals surface area contributed by atoms with Gasteiger partial charge in [-0.05, 0) is 30.7 Å². The average molecular weight is 389 g/mol. The Bertz CT molecular complexity index is 845. The van der Waals surface area contributed by atoms with Gasteiger partial charge in [-0.3, -0.25) is 4.98 Å². The van der Waals surface area contributed by atoms with E-state index in [9.17, 15) is 21.6 Å². The first-order valence-electron chi connectivity index (χ1n) is 7.53. The van der Waals surface area contributed by atoms with Gasteiger partial charge in [0.05, 0.1) is 17.6 Å². The van der Waals surface area contributed by atoms with Crippen LogP contribution >= 0.6 is 0 Å². The first kappa shape index (κ1) is 18.4. The normalized spacial score (nSPS) is 18.7. The average Bonchev–Trinajstić information content (AvgIpc) is 3.04. The van der Waals surface area contributed by atoms with Gasteiger partial charge in [0.1, 0.15) is 11.9 Å². The van der Waals surface area contributed by atoms with Crippen LogP contribution in [0.3, 0.4) is 0 Å². The van der Waals surface area contributed by atoms with E-state index in [2.05, 4.69) is 14.7 Å². The molecule has 3 rings (SSSR count). The summed E-state index contributed by atoms with van der Waals surface area (Å²) < 4.78 is 72.3. The van der Waals surface area contributed by atoms with Crippen LogP contribution < -0.4 is 9.47 Å². The van der Waals surface area contributed by atoms with E-state index in [-0.39, 0.29) is 24.1 Å². The Morgan fingerprint density at radius 3 is 2.50 bits per heavy atom. The molecule has 1 aromatic heterocycles. The molecular weight excluding hydrogens is 375 g/mol. The van der Waals surface area contributed by atoms with Gasteiger partial charge >= 0.3 is 6.36 Å². The van der Waals surface area contributed by atoms with Gasteiger partial charge in [0.2, 0.25) is 15.9 Å². The number of aromatic nitrogens is 2.